The third-order valence-electron chi connectivity index (χ3n) is 5.60. The van der Waals surface area contributed by atoms with Crippen LogP contribution in [0.25, 0.3) is 0 Å². The molecule has 1 aromatic carbocycles. The van der Waals surface area contributed by atoms with E-state index >= 15 is 0 Å². The molecule has 2 aliphatic heterocycles. The number of aromatic nitrogens is 2. The molecule has 0 radical (unpaired) electrons. The Morgan fingerprint density at radius 2 is 2.00 bits per heavy atom. The van der Waals surface area contributed by atoms with Crippen molar-refractivity contribution in [2.24, 2.45) is 0 Å². The molecule has 2 aliphatic rings. The molecule has 0 bridgehead atoms. The van der Waals surface area contributed by atoms with E-state index < -0.39 is 0 Å². The average Bonchev–Trinajstić information content (AvgIpc) is 2.73. The maximum Gasteiger partial charge on any atom is 0.253 e. The highest BCUT2D eigenvalue weighted by Gasteiger charge is 2.29. The molecule has 27 heavy (non-hydrogen) atoms. The van der Waals surface area contributed by atoms with Crippen LogP contribution in [0.15, 0.2) is 30.3 Å². The van der Waals surface area contributed by atoms with Gasteiger partial charge in [-0.2, -0.15) is 0 Å². The van der Waals surface area contributed by atoms with E-state index in [1.165, 1.54) is 5.56 Å². The summed E-state index contributed by atoms with van der Waals surface area (Å²) in [5.74, 6) is 2.12. The van der Waals surface area contributed by atoms with E-state index in [0.29, 0.717) is 6.54 Å². The van der Waals surface area contributed by atoms with Crippen LogP contribution in [-0.2, 0) is 13.0 Å². The maximum absolute atomic E-state index is 12.8. The number of piperidine rings is 1. The number of anilines is 1. The molecule has 142 valence electrons. The van der Waals surface area contributed by atoms with Crippen molar-refractivity contribution in [3.8, 4) is 0 Å². The van der Waals surface area contributed by atoms with Crippen molar-refractivity contribution >= 4 is 11.7 Å². The number of amides is 1. The molecule has 6 nitrogen and oxygen atoms in total. The van der Waals surface area contributed by atoms with E-state index in [0.717, 1.165) is 61.8 Å². The Labute approximate surface area is 160 Å². The number of likely N-dealkylation sites (tertiary alicyclic amines) is 1. The summed E-state index contributed by atoms with van der Waals surface area (Å²) in [6.07, 6.45) is 2.97. The monoisotopic (exact) mass is 365 g/mol. The number of nitrogens with one attached hydrogen (secondary N) is 1. The van der Waals surface area contributed by atoms with Gasteiger partial charge in [0.15, 0.2) is 0 Å². The molecule has 1 amide bonds. The van der Waals surface area contributed by atoms with Crippen molar-refractivity contribution in [1.29, 1.82) is 0 Å². The third-order valence-corrected chi connectivity index (χ3v) is 5.60. The highest BCUT2D eigenvalue weighted by molar-refractivity contribution is 5.94. The molecular formula is C21H27N5O. The Morgan fingerprint density at radius 3 is 2.78 bits per heavy atom. The van der Waals surface area contributed by atoms with Crippen LogP contribution in [0.2, 0.25) is 0 Å². The Kier molecular flexibility index (Phi) is 5.07. The summed E-state index contributed by atoms with van der Waals surface area (Å²) in [5, 5.41) is 3.26. The molecule has 1 fully saturated rings. The molecule has 1 atom stereocenters. The first-order valence-corrected chi connectivity index (χ1v) is 9.76. The van der Waals surface area contributed by atoms with Gasteiger partial charge in [-0.25, -0.2) is 9.97 Å². The van der Waals surface area contributed by atoms with Gasteiger partial charge in [0.25, 0.3) is 5.91 Å². The summed E-state index contributed by atoms with van der Waals surface area (Å²) in [4.78, 5) is 26.9. The van der Waals surface area contributed by atoms with Gasteiger partial charge in [-0.15, -0.1) is 0 Å². The molecule has 3 heterocycles. The SMILES string of the molecule is CNc1nc(C2CCCN(C(=O)c3ccccc3)C2)nc2c1CN(C)CC2. The quantitative estimate of drug-likeness (QED) is 0.906. The van der Waals surface area contributed by atoms with Crippen LogP contribution in [0.4, 0.5) is 5.82 Å². The van der Waals surface area contributed by atoms with Gasteiger partial charge in [0.2, 0.25) is 0 Å². The molecule has 2 aromatic rings. The Morgan fingerprint density at radius 1 is 1.19 bits per heavy atom. The molecule has 4 rings (SSSR count). The van der Waals surface area contributed by atoms with Crippen molar-refractivity contribution in [1.82, 2.24) is 19.8 Å². The first-order valence-electron chi connectivity index (χ1n) is 9.76. The topological polar surface area (TPSA) is 61.4 Å². The molecule has 0 saturated carbocycles. The second-order valence-corrected chi connectivity index (χ2v) is 7.55. The fourth-order valence-electron chi connectivity index (χ4n) is 4.09. The van der Waals surface area contributed by atoms with Gasteiger partial charge in [0.1, 0.15) is 11.6 Å². The minimum atomic E-state index is 0.105. The molecule has 6 heteroatoms. The van der Waals surface area contributed by atoms with Crippen molar-refractivity contribution in [2.45, 2.75) is 31.7 Å². The van der Waals surface area contributed by atoms with Crippen LogP contribution in [0.1, 0.15) is 46.2 Å². The number of fused-ring (bicyclic) bond motifs is 1. The minimum absolute atomic E-state index is 0.105. The van der Waals surface area contributed by atoms with E-state index in [4.69, 9.17) is 9.97 Å². The van der Waals surface area contributed by atoms with Crippen LogP contribution in [0.5, 0.6) is 0 Å². The molecular weight excluding hydrogens is 338 g/mol. The van der Waals surface area contributed by atoms with Gasteiger partial charge in [-0.1, -0.05) is 18.2 Å². The van der Waals surface area contributed by atoms with Gasteiger partial charge in [-0.05, 0) is 32.0 Å². The summed E-state index contributed by atoms with van der Waals surface area (Å²) < 4.78 is 0. The number of hydrogen-bond donors (Lipinski definition) is 1. The summed E-state index contributed by atoms with van der Waals surface area (Å²) in [7, 11) is 4.05. The van der Waals surface area contributed by atoms with Gasteiger partial charge in [0.05, 0.1) is 5.69 Å². The van der Waals surface area contributed by atoms with Crippen LogP contribution in [0, 0.1) is 0 Å². The summed E-state index contributed by atoms with van der Waals surface area (Å²) >= 11 is 0. The lowest BCUT2D eigenvalue weighted by molar-refractivity contribution is 0.0704. The maximum atomic E-state index is 12.8. The fourth-order valence-corrected chi connectivity index (χ4v) is 4.09. The highest BCUT2D eigenvalue weighted by Crippen LogP contribution is 2.30. The summed E-state index contributed by atoms with van der Waals surface area (Å²) in [6, 6.07) is 9.54. The molecule has 1 unspecified atom stereocenters. The van der Waals surface area contributed by atoms with Crippen LogP contribution < -0.4 is 5.32 Å². The lowest BCUT2D eigenvalue weighted by Gasteiger charge is -2.33. The predicted octanol–water partition coefficient (Wildman–Crippen LogP) is 2.53. The van der Waals surface area contributed by atoms with Crippen molar-refractivity contribution in [3.63, 3.8) is 0 Å². The number of rotatable bonds is 3. The molecule has 0 aliphatic carbocycles. The second-order valence-electron chi connectivity index (χ2n) is 7.55. The van der Waals surface area contributed by atoms with Gasteiger partial charge in [0, 0.05) is 56.7 Å². The summed E-state index contributed by atoms with van der Waals surface area (Å²) in [5.41, 5.74) is 3.13. The van der Waals surface area contributed by atoms with Gasteiger partial charge < -0.3 is 15.1 Å². The zero-order valence-electron chi connectivity index (χ0n) is 16.1. The van der Waals surface area contributed by atoms with Crippen molar-refractivity contribution in [3.05, 3.63) is 53.0 Å². The van der Waals surface area contributed by atoms with Crippen molar-refractivity contribution in [2.75, 3.05) is 39.0 Å². The zero-order valence-corrected chi connectivity index (χ0v) is 16.1. The number of likely N-dealkylation sites (N-methyl/N-ethyl adjacent to an activating group) is 1. The largest absolute Gasteiger partial charge is 0.373 e. The smallest absolute Gasteiger partial charge is 0.253 e. The average molecular weight is 365 g/mol. The van der Waals surface area contributed by atoms with Crippen LogP contribution >= 0.6 is 0 Å². The van der Waals surface area contributed by atoms with Crippen LogP contribution in [0.3, 0.4) is 0 Å². The first kappa shape index (κ1) is 17.9. The molecule has 0 spiro atoms. The van der Waals surface area contributed by atoms with E-state index in [2.05, 4.69) is 17.3 Å². The van der Waals surface area contributed by atoms with E-state index in [-0.39, 0.29) is 11.8 Å². The normalized spacial score (nSPS) is 20.2. The Balaban J connectivity index is 1.57. The second kappa shape index (κ2) is 7.64. The molecule has 1 aromatic heterocycles. The van der Waals surface area contributed by atoms with Crippen LogP contribution in [-0.4, -0.2) is 59.4 Å². The highest BCUT2D eigenvalue weighted by atomic mass is 16.2. The van der Waals surface area contributed by atoms with E-state index in [1.54, 1.807) is 0 Å². The standard InChI is InChI=1S/C21H27N5O/c1-22-20-17-14-25(2)12-10-18(17)23-19(24-20)16-9-6-11-26(13-16)21(27)15-7-4-3-5-8-15/h3-5,7-8,16H,6,9-14H2,1-2H3,(H,22,23,24). The number of carbonyl (C=O) groups is 1. The minimum Gasteiger partial charge on any atom is -0.373 e. The number of benzene rings is 1. The number of carbonyl (C=O) groups excluding carboxylic acids is 1. The Bertz CT molecular complexity index is 806. The Hall–Kier alpha value is -2.47. The van der Waals surface area contributed by atoms with Gasteiger partial charge >= 0.3 is 0 Å². The van der Waals surface area contributed by atoms with E-state index in [9.17, 15) is 4.79 Å². The number of hydrogen-bond acceptors (Lipinski definition) is 5. The number of nitrogens with zero attached hydrogens (tertiary/aromatic N) is 4. The van der Waals surface area contributed by atoms with Gasteiger partial charge in [-0.3, -0.25) is 4.79 Å². The van der Waals surface area contributed by atoms with Crippen molar-refractivity contribution < 1.29 is 4.79 Å². The summed E-state index contributed by atoms with van der Waals surface area (Å²) in [6.45, 7) is 3.40. The molecule has 1 saturated heterocycles. The van der Waals surface area contributed by atoms with E-state index in [1.807, 2.05) is 42.3 Å². The fraction of sp³-hybridized carbons (Fsp3) is 0.476. The lowest BCUT2D eigenvalue weighted by Crippen LogP contribution is -2.39. The first-order chi connectivity index (χ1) is 13.2. The zero-order chi connectivity index (χ0) is 18.8. The predicted molar refractivity (Wildman–Crippen MR) is 106 cm³/mol. The molecule has 1 N–H and O–H groups in total. The third kappa shape index (κ3) is 3.67. The lowest BCUT2D eigenvalue weighted by atomic mass is 9.95.